The highest BCUT2D eigenvalue weighted by molar-refractivity contribution is 7.90. The maximum Gasteiger partial charge on any atom is 0.269 e. The van der Waals surface area contributed by atoms with Crippen LogP contribution in [0.5, 0.6) is 0 Å². The zero-order chi connectivity index (χ0) is 16.0. The Kier molecular flexibility index (Phi) is 3.10. The van der Waals surface area contributed by atoms with Crippen molar-refractivity contribution in [3.8, 4) is 10.6 Å². The van der Waals surface area contributed by atoms with E-state index in [1.165, 1.54) is 23.5 Å². The van der Waals surface area contributed by atoms with Gasteiger partial charge >= 0.3 is 0 Å². The molecule has 2 aromatic heterocycles. The topological polar surface area (TPSA) is 80.5 Å². The molecule has 1 aliphatic rings. The third kappa shape index (κ3) is 2.18. The normalized spacial score (nSPS) is 15.8. The van der Waals surface area contributed by atoms with Crippen LogP contribution >= 0.6 is 11.3 Å². The maximum absolute atomic E-state index is 12.5. The Bertz CT molecular complexity index is 990. The van der Waals surface area contributed by atoms with E-state index < -0.39 is 15.9 Å². The number of nitrogens with zero attached hydrogens (tertiary/aromatic N) is 2. The second-order valence-electron chi connectivity index (χ2n) is 4.97. The van der Waals surface area contributed by atoms with Crippen molar-refractivity contribution in [1.82, 2.24) is 9.46 Å². The van der Waals surface area contributed by atoms with Gasteiger partial charge in [0.15, 0.2) is 5.76 Å². The van der Waals surface area contributed by atoms with Crippen molar-refractivity contribution in [3.63, 3.8) is 0 Å². The lowest BCUT2D eigenvalue weighted by Crippen LogP contribution is -2.29. The molecule has 0 radical (unpaired) electrons. The first kappa shape index (κ1) is 14.2. The van der Waals surface area contributed by atoms with E-state index in [0.717, 1.165) is 9.18 Å². The van der Waals surface area contributed by atoms with Gasteiger partial charge in [-0.3, -0.25) is 4.79 Å². The molecule has 0 unspecified atom stereocenters. The van der Waals surface area contributed by atoms with Crippen LogP contribution in [0.25, 0.3) is 10.6 Å². The number of aromatic nitrogens is 1. The number of carbonyl (C=O) groups is 1. The van der Waals surface area contributed by atoms with Crippen LogP contribution in [0.3, 0.4) is 0 Å². The molecule has 0 spiro atoms. The predicted octanol–water partition coefficient (Wildman–Crippen LogP) is 2.75. The number of carbonyl (C=O) groups excluding carboxylic acids is 1. The standard InChI is InChI=1S/C15H10N2O4S2/c18-15-11-4-1-2-6-14(11)23(19,20)17(15)9-10-8-12(21-16-10)13-5-3-7-22-13/h1-8H,9H2. The fraction of sp³-hybridized carbons (Fsp3) is 0.0667. The summed E-state index contributed by atoms with van der Waals surface area (Å²) in [7, 11) is -3.83. The number of amides is 1. The van der Waals surface area contributed by atoms with Gasteiger partial charge in [-0.05, 0) is 23.6 Å². The van der Waals surface area contributed by atoms with Crippen molar-refractivity contribution in [2.24, 2.45) is 0 Å². The summed E-state index contributed by atoms with van der Waals surface area (Å²) in [5.74, 6) is 0.0119. The van der Waals surface area contributed by atoms with Gasteiger partial charge in [0.05, 0.1) is 17.0 Å². The summed E-state index contributed by atoms with van der Waals surface area (Å²) in [5.41, 5.74) is 0.576. The van der Waals surface area contributed by atoms with Gasteiger partial charge in [-0.1, -0.05) is 23.4 Å². The van der Waals surface area contributed by atoms with Crippen molar-refractivity contribution >= 4 is 27.3 Å². The highest BCUT2D eigenvalue weighted by Crippen LogP contribution is 2.32. The van der Waals surface area contributed by atoms with Crippen molar-refractivity contribution in [2.75, 3.05) is 0 Å². The Hall–Kier alpha value is -2.45. The molecule has 0 saturated carbocycles. The second kappa shape index (κ2) is 5.04. The van der Waals surface area contributed by atoms with Gasteiger partial charge in [0, 0.05) is 6.07 Å². The summed E-state index contributed by atoms with van der Waals surface area (Å²) in [5, 5.41) is 5.78. The van der Waals surface area contributed by atoms with Gasteiger partial charge in [0.2, 0.25) is 0 Å². The smallest absolute Gasteiger partial charge is 0.269 e. The largest absolute Gasteiger partial charge is 0.355 e. The number of hydrogen-bond acceptors (Lipinski definition) is 6. The Balaban J connectivity index is 1.67. The van der Waals surface area contributed by atoms with E-state index in [2.05, 4.69) is 5.16 Å². The van der Waals surface area contributed by atoms with Gasteiger partial charge in [0.25, 0.3) is 15.9 Å². The minimum atomic E-state index is -3.83. The third-order valence-corrected chi connectivity index (χ3v) is 6.21. The Labute approximate surface area is 136 Å². The van der Waals surface area contributed by atoms with Crippen molar-refractivity contribution in [2.45, 2.75) is 11.4 Å². The molecule has 6 nitrogen and oxygen atoms in total. The summed E-state index contributed by atoms with van der Waals surface area (Å²) in [4.78, 5) is 13.3. The van der Waals surface area contributed by atoms with E-state index in [9.17, 15) is 13.2 Å². The molecule has 23 heavy (non-hydrogen) atoms. The molecule has 0 N–H and O–H groups in total. The van der Waals surface area contributed by atoms with Gasteiger partial charge in [-0.2, -0.15) is 0 Å². The molecule has 0 saturated heterocycles. The molecule has 3 aromatic rings. The quantitative estimate of drug-likeness (QED) is 0.728. The fourth-order valence-electron chi connectivity index (χ4n) is 2.46. The summed E-state index contributed by atoms with van der Waals surface area (Å²) in [6, 6.07) is 11.6. The first-order chi connectivity index (χ1) is 11.1. The van der Waals surface area contributed by atoms with Crippen molar-refractivity contribution < 1.29 is 17.7 Å². The van der Waals surface area contributed by atoms with Crippen LogP contribution in [-0.4, -0.2) is 23.8 Å². The SMILES string of the molecule is O=C1c2ccccc2S(=O)(=O)N1Cc1cc(-c2cccs2)on1. The lowest BCUT2D eigenvalue weighted by Gasteiger charge is -2.12. The van der Waals surface area contributed by atoms with E-state index in [0.29, 0.717) is 11.5 Å². The Morgan fingerprint density at radius 3 is 2.74 bits per heavy atom. The zero-order valence-corrected chi connectivity index (χ0v) is 13.3. The predicted molar refractivity (Wildman–Crippen MR) is 83.3 cm³/mol. The highest BCUT2D eigenvalue weighted by Gasteiger charge is 2.41. The van der Waals surface area contributed by atoms with Gasteiger partial charge < -0.3 is 4.52 Å². The molecule has 0 bridgehead atoms. The van der Waals surface area contributed by atoms with E-state index in [1.807, 2.05) is 17.5 Å². The van der Waals surface area contributed by atoms with Crippen LogP contribution in [0.1, 0.15) is 16.1 Å². The first-order valence-electron chi connectivity index (χ1n) is 6.73. The van der Waals surface area contributed by atoms with E-state index in [-0.39, 0.29) is 17.0 Å². The second-order valence-corrected chi connectivity index (χ2v) is 7.75. The zero-order valence-electron chi connectivity index (χ0n) is 11.7. The molecule has 116 valence electrons. The minimum absolute atomic E-state index is 0.0342. The lowest BCUT2D eigenvalue weighted by atomic mass is 10.2. The van der Waals surface area contributed by atoms with Crippen LogP contribution in [0.4, 0.5) is 0 Å². The van der Waals surface area contributed by atoms with E-state index in [1.54, 1.807) is 18.2 Å². The molecule has 0 fully saturated rings. The first-order valence-corrected chi connectivity index (χ1v) is 9.05. The number of benzene rings is 1. The summed E-state index contributed by atoms with van der Waals surface area (Å²) in [6.45, 7) is -0.148. The molecule has 8 heteroatoms. The molecule has 1 aliphatic heterocycles. The monoisotopic (exact) mass is 346 g/mol. The number of fused-ring (bicyclic) bond motifs is 1. The highest BCUT2D eigenvalue weighted by atomic mass is 32.2. The molecular formula is C15H10N2O4S2. The van der Waals surface area contributed by atoms with Crippen LogP contribution in [0, 0.1) is 0 Å². The number of sulfonamides is 1. The van der Waals surface area contributed by atoms with Gasteiger partial charge in [-0.15, -0.1) is 11.3 Å². The van der Waals surface area contributed by atoms with Crippen LogP contribution in [0.15, 0.2) is 57.3 Å². The average Bonchev–Trinajstić information content (AvgIpc) is 3.25. The summed E-state index contributed by atoms with van der Waals surface area (Å²) < 4.78 is 31.0. The summed E-state index contributed by atoms with van der Waals surface area (Å²) >= 11 is 1.49. The average molecular weight is 346 g/mol. The number of rotatable bonds is 3. The minimum Gasteiger partial charge on any atom is -0.355 e. The Morgan fingerprint density at radius 1 is 1.17 bits per heavy atom. The molecule has 4 rings (SSSR count). The van der Waals surface area contributed by atoms with Crippen LogP contribution < -0.4 is 0 Å². The third-order valence-electron chi connectivity index (χ3n) is 3.54. The number of hydrogen-bond donors (Lipinski definition) is 0. The van der Waals surface area contributed by atoms with Crippen LogP contribution in [-0.2, 0) is 16.6 Å². The lowest BCUT2D eigenvalue weighted by molar-refractivity contribution is 0.0863. The van der Waals surface area contributed by atoms with Crippen molar-refractivity contribution in [3.05, 3.63) is 59.1 Å². The maximum atomic E-state index is 12.5. The van der Waals surface area contributed by atoms with Gasteiger partial charge in [-0.25, -0.2) is 12.7 Å². The summed E-state index contributed by atoms with van der Waals surface area (Å²) in [6.07, 6.45) is 0. The van der Waals surface area contributed by atoms with Crippen molar-refractivity contribution in [1.29, 1.82) is 0 Å². The van der Waals surface area contributed by atoms with E-state index in [4.69, 9.17) is 4.52 Å². The molecule has 0 aliphatic carbocycles. The molecule has 0 atom stereocenters. The molecule has 1 amide bonds. The Morgan fingerprint density at radius 2 is 2.00 bits per heavy atom. The molecule has 1 aromatic carbocycles. The van der Waals surface area contributed by atoms with Gasteiger partial charge in [0.1, 0.15) is 10.6 Å². The fourth-order valence-corrected chi connectivity index (χ4v) is 4.67. The molecule has 3 heterocycles. The van der Waals surface area contributed by atoms with Crippen LogP contribution in [0.2, 0.25) is 0 Å². The molecular weight excluding hydrogens is 336 g/mol. The van der Waals surface area contributed by atoms with E-state index >= 15 is 0 Å². The number of thiophene rings is 1.